The molecular formula is C9H17N5O2. The normalized spacial score (nSPS) is 10.4. The molecule has 0 fully saturated rings. The first-order valence-electron chi connectivity index (χ1n) is 5.19. The van der Waals surface area contributed by atoms with Gasteiger partial charge in [-0.15, -0.1) is 10.2 Å². The summed E-state index contributed by atoms with van der Waals surface area (Å²) in [4.78, 5) is 11.3. The minimum Gasteiger partial charge on any atom is -0.370 e. The van der Waals surface area contributed by atoms with E-state index in [2.05, 4.69) is 15.5 Å². The van der Waals surface area contributed by atoms with Crippen molar-refractivity contribution in [2.45, 2.75) is 20.0 Å². The lowest BCUT2D eigenvalue weighted by atomic mass is 10.5. The van der Waals surface area contributed by atoms with Gasteiger partial charge < -0.3 is 20.4 Å². The Hall–Kier alpha value is -1.47. The summed E-state index contributed by atoms with van der Waals surface area (Å²) in [6.45, 7) is 3.95. The quantitative estimate of drug-likeness (QED) is 0.576. The summed E-state index contributed by atoms with van der Waals surface area (Å²) in [7, 11) is 0. The first-order valence-corrected chi connectivity index (χ1v) is 5.19. The highest BCUT2D eigenvalue weighted by atomic mass is 16.5. The third kappa shape index (κ3) is 3.95. The summed E-state index contributed by atoms with van der Waals surface area (Å²) >= 11 is 0. The van der Waals surface area contributed by atoms with E-state index in [4.69, 9.17) is 10.5 Å². The average molecular weight is 227 g/mol. The predicted octanol–water partition coefficient (Wildman–Crippen LogP) is -1.11. The number of carbonyl (C=O) groups excluding carboxylic acids is 1. The number of carbonyl (C=O) groups is 1. The van der Waals surface area contributed by atoms with E-state index in [9.17, 15) is 4.79 Å². The second-order valence-electron chi connectivity index (χ2n) is 3.15. The van der Waals surface area contributed by atoms with Crippen molar-refractivity contribution < 1.29 is 9.53 Å². The van der Waals surface area contributed by atoms with E-state index in [0.29, 0.717) is 19.7 Å². The number of aromatic nitrogens is 3. The van der Waals surface area contributed by atoms with Crippen LogP contribution in [0.1, 0.15) is 12.7 Å². The molecular weight excluding hydrogens is 210 g/mol. The average Bonchev–Trinajstić information content (AvgIpc) is 2.74. The minimum atomic E-state index is -0.181. The molecule has 0 atom stereocenters. The van der Waals surface area contributed by atoms with Crippen LogP contribution < -0.4 is 11.1 Å². The van der Waals surface area contributed by atoms with Crippen LogP contribution in [-0.2, 0) is 22.6 Å². The van der Waals surface area contributed by atoms with Crippen molar-refractivity contribution in [3.8, 4) is 0 Å². The van der Waals surface area contributed by atoms with Crippen molar-refractivity contribution >= 4 is 5.91 Å². The van der Waals surface area contributed by atoms with Crippen LogP contribution in [0.25, 0.3) is 0 Å². The molecule has 0 aliphatic carbocycles. The van der Waals surface area contributed by atoms with Gasteiger partial charge in [0.25, 0.3) is 0 Å². The van der Waals surface area contributed by atoms with Crippen molar-refractivity contribution in [1.82, 2.24) is 20.1 Å². The van der Waals surface area contributed by atoms with Crippen molar-refractivity contribution in [1.29, 1.82) is 0 Å². The molecule has 1 heterocycles. The van der Waals surface area contributed by atoms with Gasteiger partial charge in [0.1, 0.15) is 12.9 Å². The van der Waals surface area contributed by atoms with Crippen LogP contribution in [0.5, 0.6) is 0 Å². The Morgan fingerprint density at radius 3 is 3.19 bits per heavy atom. The number of hydrogen-bond donors (Lipinski definition) is 2. The van der Waals surface area contributed by atoms with E-state index >= 15 is 0 Å². The molecule has 0 bridgehead atoms. The SMILES string of the molecule is CCn1cnnc1CNC(=O)COCCN. The van der Waals surface area contributed by atoms with Gasteiger partial charge in [-0.2, -0.15) is 0 Å². The standard InChI is InChI=1S/C9H17N5O2/c1-2-14-7-12-13-8(14)5-11-9(15)6-16-4-3-10/h7H,2-6,10H2,1H3,(H,11,15). The van der Waals surface area contributed by atoms with Gasteiger partial charge in [0.15, 0.2) is 5.82 Å². The van der Waals surface area contributed by atoms with Crippen molar-refractivity contribution in [2.75, 3.05) is 19.8 Å². The van der Waals surface area contributed by atoms with E-state index in [1.165, 1.54) is 0 Å². The van der Waals surface area contributed by atoms with E-state index < -0.39 is 0 Å². The number of hydrogen-bond acceptors (Lipinski definition) is 5. The Morgan fingerprint density at radius 2 is 2.50 bits per heavy atom. The number of nitrogens with two attached hydrogens (primary N) is 1. The molecule has 1 rings (SSSR count). The largest absolute Gasteiger partial charge is 0.370 e. The third-order valence-corrected chi connectivity index (χ3v) is 1.98. The Bertz CT molecular complexity index is 325. The molecule has 0 radical (unpaired) electrons. The number of nitrogens with zero attached hydrogens (tertiary/aromatic N) is 3. The second-order valence-corrected chi connectivity index (χ2v) is 3.15. The molecule has 0 aliphatic rings. The fraction of sp³-hybridized carbons (Fsp3) is 0.667. The zero-order valence-electron chi connectivity index (χ0n) is 9.35. The summed E-state index contributed by atoms with van der Waals surface area (Å²) in [5.74, 6) is 0.550. The van der Waals surface area contributed by atoms with Crippen molar-refractivity contribution in [3.05, 3.63) is 12.2 Å². The number of rotatable bonds is 7. The molecule has 7 nitrogen and oxygen atoms in total. The van der Waals surface area contributed by atoms with Gasteiger partial charge in [-0.25, -0.2) is 0 Å². The molecule has 0 unspecified atom stereocenters. The van der Waals surface area contributed by atoms with Gasteiger partial charge in [-0.05, 0) is 6.92 Å². The third-order valence-electron chi connectivity index (χ3n) is 1.98. The molecule has 16 heavy (non-hydrogen) atoms. The minimum absolute atomic E-state index is 0.0253. The lowest BCUT2D eigenvalue weighted by Crippen LogP contribution is -2.29. The van der Waals surface area contributed by atoms with Gasteiger partial charge in [0.2, 0.25) is 5.91 Å². The van der Waals surface area contributed by atoms with Gasteiger partial charge in [0, 0.05) is 13.1 Å². The Labute approximate surface area is 94.0 Å². The number of nitrogens with one attached hydrogen (secondary N) is 1. The molecule has 1 aromatic heterocycles. The van der Waals surface area contributed by atoms with Gasteiger partial charge in [0.05, 0.1) is 13.2 Å². The first-order chi connectivity index (χ1) is 7.77. The lowest BCUT2D eigenvalue weighted by molar-refractivity contribution is -0.125. The maximum absolute atomic E-state index is 11.3. The Balaban J connectivity index is 2.26. The van der Waals surface area contributed by atoms with E-state index in [-0.39, 0.29) is 12.5 Å². The summed E-state index contributed by atoms with van der Waals surface area (Å²) < 4.78 is 6.85. The van der Waals surface area contributed by atoms with Crippen LogP contribution in [0.3, 0.4) is 0 Å². The second kappa shape index (κ2) is 6.91. The molecule has 1 amide bonds. The van der Waals surface area contributed by atoms with E-state index in [1.807, 2.05) is 11.5 Å². The number of amides is 1. The summed E-state index contributed by atoms with van der Waals surface area (Å²) in [5, 5.41) is 10.3. The van der Waals surface area contributed by atoms with Crippen LogP contribution >= 0.6 is 0 Å². The smallest absolute Gasteiger partial charge is 0.246 e. The Morgan fingerprint density at radius 1 is 1.69 bits per heavy atom. The van der Waals surface area contributed by atoms with Crippen molar-refractivity contribution in [2.24, 2.45) is 5.73 Å². The Kier molecular flexibility index (Phi) is 5.44. The van der Waals surface area contributed by atoms with Crippen LogP contribution in [-0.4, -0.2) is 40.4 Å². The highest BCUT2D eigenvalue weighted by Gasteiger charge is 2.05. The molecule has 7 heteroatoms. The molecule has 1 aromatic rings. The summed E-state index contributed by atoms with van der Waals surface area (Å²) in [6, 6.07) is 0. The first kappa shape index (κ1) is 12.6. The van der Waals surface area contributed by atoms with Gasteiger partial charge >= 0.3 is 0 Å². The molecule has 0 aromatic carbocycles. The van der Waals surface area contributed by atoms with Gasteiger partial charge in [-0.1, -0.05) is 0 Å². The zero-order chi connectivity index (χ0) is 11.8. The number of ether oxygens (including phenoxy) is 1. The van der Waals surface area contributed by atoms with Crippen LogP contribution in [0.2, 0.25) is 0 Å². The number of aryl methyl sites for hydroxylation is 1. The molecule has 0 spiro atoms. The maximum atomic E-state index is 11.3. The van der Waals surface area contributed by atoms with Crippen LogP contribution in [0.4, 0.5) is 0 Å². The van der Waals surface area contributed by atoms with Crippen LogP contribution in [0, 0.1) is 0 Å². The molecule has 90 valence electrons. The van der Waals surface area contributed by atoms with Crippen LogP contribution in [0.15, 0.2) is 6.33 Å². The van der Waals surface area contributed by atoms with E-state index in [0.717, 1.165) is 12.4 Å². The molecule has 0 saturated heterocycles. The van der Waals surface area contributed by atoms with E-state index in [1.54, 1.807) is 6.33 Å². The summed E-state index contributed by atoms with van der Waals surface area (Å²) in [5.41, 5.74) is 5.23. The molecule has 3 N–H and O–H groups in total. The predicted molar refractivity (Wildman–Crippen MR) is 57.4 cm³/mol. The lowest BCUT2D eigenvalue weighted by Gasteiger charge is -2.06. The highest BCUT2D eigenvalue weighted by molar-refractivity contribution is 5.77. The van der Waals surface area contributed by atoms with Crippen molar-refractivity contribution in [3.63, 3.8) is 0 Å². The fourth-order valence-corrected chi connectivity index (χ4v) is 1.16. The molecule has 0 aliphatic heterocycles. The molecule has 0 saturated carbocycles. The topological polar surface area (TPSA) is 95.1 Å². The zero-order valence-corrected chi connectivity index (χ0v) is 9.35. The maximum Gasteiger partial charge on any atom is 0.246 e. The summed E-state index contributed by atoms with van der Waals surface area (Å²) in [6.07, 6.45) is 1.63. The monoisotopic (exact) mass is 227 g/mol. The van der Waals surface area contributed by atoms with Gasteiger partial charge in [-0.3, -0.25) is 4.79 Å². The highest BCUT2D eigenvalue weighted by Crippen LogP contribution is 1.93. The fourth-order valence-electron chi connectivity index (χ4n) is 1.16.